The van der Waals surface area contributed by atoms with Crippen LogP contribution in [0.5, 0.6) is 17.2 Å². The van der Waals surface area contributed by atoms with Crippen molar-refractivity contribution < 1.29 is 33.0 Å². The third-order valence-electron chi connectivity index (χ3n) is 5.50. The highest BCUT2D eigenvalue weighted by molar-refractivity contribution is 9.10. The lowest BCUT2D eigenvalue weighted by Crippen LogP contribution is -2.36. The highest BCUT2D eigenvalue weighted by Gasteiger charge is 2.36. The zero-order valence-electron chi connectivity index (χ0n) is 21.0. The molecular formula is C28H24BrFN2O6S. The van der Waals surface area contributed by atoms with E-state index in [1.54, 1.807) is 54.6 Å². The molecule has 1 aliphatic heterocycles. The van der Waals surface area contributed by atoms with Crippen LogP contribution in [-0.4, -0.2) is 42.2 Å². The van der Waals surface area contributed by atoms with Gasteiger partial charge in [0.25, 0.3) is 11.1 Å². The molecule has 0 radical (unpaired) electrons. The predicted octanol–water partition coefficient (Wildman–Crippen LogP) is 6.25. The van der Waals surface area contributed by atoms with E-state index in [9.17, 15) is 18.8 Å². The van der Waals surface area contributed by atoms with E-state index in [1.807, 2.05) is 6.92 Å². The van der Waals surface area contributed by atoms with Crippen LogP contribution in [-0.2, 0) is 16.2 Å². The Morgan fingerprint density at radius 2 is 1.77 bits per heavy atom. The Kier molecular flexibility index (Phi) is 9.26. The first-order chi connectivity index (χ1) is 18.8. The van der Waals surface area contributed by atoms with Crippen molar-refractivity contribution in [1.29, 1.82) is 0 Å². The molecule has 1 N–H and O–H groups in total. The first-order valence-corrected chi connectivity index (χ1v) is 13.4. The second-order valence-electron chi connectivity index (χ2n) is 8.21. The van der Waals surface area contributed by atoms with Gasteiger partial charge < -0.3 is 19.5 Å². The predicted molar refractivity (Wildman–Crippen MR) is 150 cm³/mol. The molecular weight excluding hydrogens is 591 g/mol. The maximum absolute atomic E-state index is 13.1. The van der Waals surface area contributed by atoms with Gasteiger partial charge in [0, 0.05) is 10.2 Å². The molecule has 0 spiro atoms. The third kappa shape index (κ3) is 7.18. The van der Waals surface area contributed by atoms with Crippen LogP contribution in [0.1, 0.15) is 18.1 Å². The van der Waals surface area contributed by atoms with Gasteiger partial charge in [-0.3, -0.25) is 19.3 Å². The molecule has 1 fully saturated rings. The molecule has 0 unspecified atom stereocenters. The van der Waals surface area contributed by atoms with Crippen LogP contribution in [0.2, 0.25) is 0 Å². The van der Waals surface area contributed by atoms with Crippen molar-refractivity contribution in [2.24, 2.45) is 0 Å². The molecule has 4 rings (SSSR count). The van der Waals surface area contributed by atoms with E-state index < -0.39 is 23.6 Å². The number of anilines is 1. The Hall–Kier alpha value is -3.83. The largest absolute Gasteiger partial charge is 0.494 e. The number of halogens is 2. The van der Waals surface area contributed by atoms with Crippen molar-refractivity contribution in [1.82, 2.24) is 4.90 Å². The SMILES string of the molecule is CCOc1ccc(NC(=O)CN2C(=O)S/C(=C/c3cc(OC)c(OCc4ccc(F)cc4)cc3Br)C2=O)cc1. The number of hydrogen-bond donors (Lipinski definition) is 1. The second kappa shape index (κ2) is 12.8. The molecule has 0 aromatic heterocycles. The number of nitrogens with one attached hydrogen (secondary N) is 1. The molecule has 1 saturated heterocycles. The average Bonchev–Trinajstić information content (AvgIpc) is 3.18. The van der Waals surface area contributed by atoms with Crippen LogP contribution < -0.4 is 19.5 Å². The fourth-order valence-corrected chi connectivity index (χ4v) is 4.86. The molecule has 202 valence electrons. The Bertz CT molecular complexity index is 1410. The number of methoxy groups -OCH3 is 1. The van der Waals surface area contributed by atoms with Gasteiger partial charge in [0.05, 0.1) is 18.6 Å². The molecule has 1 heterocycles. The molecule has 3 amide bonds. The molecule has 0 saturated carbocycles. The van der Waals surface area contributed by atoms with Crippen molar-refractivity contribution in [3.05, 3.63) is 87.0 Å². The van der Waals surface area contributed by atoms with Crippen LogP contribution in [0.3, 0.4) is 0 Å². The van der Waals surface area contributed by atoms with E-state index in [2.05, 4.69) is 21.2 Å². The lowest BCUT2D eigenvalue weighted by atomic mass is 10.1. The minimum atomic E-state index is -0.575. The number of carbonyl (C=O) groups excluding carboxylic acids is 3. The summed E-state index contributed by atoms with van der Waals surface area (Å²) in [5.74, 6) is 0.0935. The van der Waals surface area contributed by atoms with Crippen molar-refractivity contribution in [2.75, 3.05) is 25.6 Å². The summed E-state index contributed by atoms with van der Waals surface area (Å²) in [6.45, 7) is 2.17. The summed E-state index contributed by atoms with van der Waals surface area (Å²) in [7, 11) is 1.48. The highest BCUT2D eigenvalue weighted by Crippen LogP contribution is 2.38. The Morgan fingerprint density at radius 3 is 2.44 bits per heavy atom. The van der Waals surface area contributed by atoms with E-state index in [0.717, 1.165) is 22.2 Å². The summed E-state index contributed by atoms with van der Waals surface area (Å²) in [6, 6.07) is 16.1. The van der Waals surface area contributed by atoms with Gasteiger partial charge >= 0.3 is 0 Å². The smallest absolute Gasteiger partial charge is 0.294 e. The molecule has 11 heteroatoms. The number of thioether (sulfide) groups is 1. The fraction of sp³-hybridized carbons (Fsp3) is 0.179. The summed E-state index contributed by atoms with van der Waals surface area (Å²) < 4.78 is 30.4. The van der Waals surface area contributed by atoms with Crippen molar-refractivity contribution in [2.45, 2.75) is 13.5 Å². The molecule has 1 aliphatic rings. The van der Waals surface area contributed by atoms with Gasteiger partial charge in [0.1, 0.15) is 24.7 Å². The normalized spacial score (nSPS) is 14.1. The van der Waals surface area contributed by atoms with Crippen molar-refractivity contribution >= 4 is 56.5 Å². The zero-order chi connectivity index (χ0) is 27.9. The maximum Gasteiger partial charge on any atom is 0.294 e. The van der Waals surface area contributed by atoms with Crippen LogP contribution >= 0.6 is 27.7 Å². The Morgan fingerprint density at radius 1 is 1.05 bits per heavy atom. The Labute approximate surface area is 237 Å². The van der Waals surface area contributed by atoms with Gasteiger partial charge in [-0.1, -0.05) is 28.1 Å². The van der Waals surface area contributed by atoms with E-state index in [0.29, 0.717) is 39.6 Å². The quantitative estimate of drug-likeness (QED) is 0.270. The highest BCUT2D eigenvalue weighted by atomic mass is 79.9. The van der Waals surface area contributed by atoms with Crippen LogP contribution in [0.25, 0.3) is 6.08 Å². The number of imide groups is 1. The number of hydrogen-bond acceptors (Lipinski definition) is 7. The average molecular weight is 615 g/mol. The topological polar surface area (TPSA) is 94.2 Å². The van der Waals surface area contributed by atoms with E-state index >= 15 is 0 Å². The van der Waals surface area contributed by atoms with Crippen LogP contribution in [0, 0.1) is 5.82 Å². The molecule has 3 aromatic rings. The van der Waals surface area contributed by atoms with Crippen molar-refractivity contribution in [3.8, 4) is 17.2 Å². The van der Waals surface area contributed by atoms with Gasteiger partial charge in [-0.25, -0.2) is 4.39 Å². The maximum atomic E-state index is 13.1. The standard InChI is InChI=1S/C28H24BrFN2O6S/c1-3-37-21-10-8-20(9-11-21)31-26(33)15-32-27(34)25(39-28(32)35)13-18-12-23(36-2)24(14-22(18)29)38-16-17-4-6-19(30)7-5-17/h4-14H,3,15-16H2,1-2H3,(H,31,33)/b25-13+. The molecule has 8 nitrogen and oxygen atoms in total. The number of rotatable bonds is 10. The van der Waals surface area contributed by atoms with E-state index in [4.69, 9.17) is 14.2 Å². The fourth-order valence-electron chi connectivity index (χ4n) is 3.60. The summed E-state index contributed by atoms with van der Waals surface area (Å²) in [5.41, 5.74) is 1.87. The van der Waals surface area contributed by atoms with Crippen molar-refractivity contribution in [3.63, 3.8) is 0 Å². The monoisotopic (exact) mass is 614 g/mol. The number of nitrogens with zero attached hydrogens (tertiary/aromatic N) is 1. The van der Waals surface area contributed by atoms with E-state index in [1.165, 1.54) is 19.2 Å². The lowest BCUT2D eigenvalue weighted by molar-refractivity contribution is -0.127. The zero-order valence-corrected chi connectivity index (χ0v) is 23.4. The van der Waals surface area contributed by atoms with Gasteiger partial charge in [-0.05, 0) is 84.4 Å². The minimum absolute atomic E-state index is 0.164. The molecule has 0 aliphatic carbocycles. The molecule has 39 heavy (non-hydrogen) atoms. The first-order valence-electron chi connectivity index (χ1n) is 11.8. The third-order valence-corrected chi connectivity index (χ3v) is 7.10. The summed E-state index contributed by atoms with van der Waals surface area (Å²) in [6.07, 6.45) is 1.55. The van der Waals surface area contributed by atoms with Crippen LogP contribution in [0.4, 0.5) is 14.9 Å². The molecule has 0 atom stereocenters. The number of amides is 3. The number of carbonyl (C=O) groups is 3. The Balaban J connectivity index is 1.43. The summed E-state index contributed by atoms with van der Waals surface area (Å²) in [4.78, 5) is 39.1. The number of benzene rings is 3. The second-order valence-corrected chi connectivity index (χ2v) is 10.1. The van der Waals surface area contributed by atoms with E-state index in [-0.39, 0.29) is 17.3 Å². The molecule has 3 aromatic carbocycles. The summed E-state index contributed by atoms with van der Waals surface area (Å²) >= 11 is 4.22. The number of ether oxygens (including phenoxy) is 3. The van der Waals surface area contributed by atoms with Gasteiger partial charge in [0.2, 0.25) is 5.91 Å². The van der Waals surface area contributed by atoms with Gasteiger partial charge in [-0.15, -0.1) is 0 Å². The minimum Gasteiger partial charge on any atom is -0.494 e. The van der Waals surface area contributed by atoms with Gasteiger partial charge in [0.15, 0.2) is 11.5 Å². The van der Waals surface area contributed by atoms with Crippen LogP contribution in [0.15, 0.2) is 70.0 Å². The lowest BCUT2D eigenvalue weighted by Gasteiger charge is -2.14. The molecule has 0 bridgehead atoms. The first kappa shape index (κ1) is 28.2. The van der Waals surface area contributed by atoms with Gasteiger partial charge in [-0.2, -0.15) is 0 Å². The summed E-state index contributed by atoms with van der Waals surface area (Å²) in [5, 5.41) is 2.13.